The molecule has 0 atom stereocenters. The first-order chi connectivity index (χ1) is 12.1. The molecule has 0 spiro atoms. The molecule has 2 aromatic carbocycles. The number of anilines is 1. The van der Waals surface area contributed by atoms with E-state index in [1.54, 1.807) is 53.4 Å². The van der Waals surface area contributed by atoms with Crippen LogP contribution in [0.25, 0.3) is 0 Å². The Kier molecular flexibility index (Phi) is 6.57. The van der Waals surface area contributed by atoms with Crippen molar-refractivity contribution in [3.63, 3.8) is 0 Å². The van der Waals surface area contributed by atoms with Gasteiger partial charge in [0.1, 0.15) is 5.75 Å². The van der Waals surface area contributed by atoms with E-state index in [0.29, 0.717) is 36.5 Å². The highest BCUT2D eigenvalue weighted by atomic mass is 16.5. The zero-order valence-electron chi connectivity index (χ0n) is 14.9. The van der Waals surface area contributed by atoms with Gasteiger partial charge in [-0.1, -0.05) is 6.07 Å². The molecule has 2 aromatic rings. The molecule has 0 unspecified atom stereocenters. The van der Waals surface area contributed by atoms with Crippen molar-refractivity contribution < 1.29 is 14.3 Å². The van der Waals surface area contributed by atoms with Gasteiger partial charge in [0.15, 0.2) is 0 Å². The summed E-state index contributed by atoms with van der Waals surface area (Å²) in [6.45, 7) is 7.66. The largest absolute Gasteiger partial charge is 0.494 e. The van der Waals surface area contributed by atoms with Crippen LogP contribution >= 0.6 is 0 Å². The smallest absolute Gasteiger partial charge is 0.255 e. The topological polar surface area (TPSA) is 58.6 Å². The predicted octanol–water partition coefficient (Wildman–Crippen LogP) is 3.82. The van der Waals surface area contributed by atoms with Crippen LogP contribution in [0, 0.1) is 0 Å². The van der Waals surface area contributed by atoms with Gasteiger partial charge < -0.3 is 15.0 Å². The first-order valence-corrected chi connectivity index (χ1v) is 8.52. The minimum Gasteiger partial charge on any atom is -0.494 e. The first-order valence-electron chi connectivity index (χ1n) is 8.52. The van der Waals surface area contributed by atoms with Gasteiger partial charge >= 0.3 is 0 Å². The highest BCUT2D eigenvalue weighted by Crippen LogP contribution is 2.17. The molecular weight excluding hydrogens is 316 g/mol. The third-order valence-corrected chi connectivity index (χ3v) is 3.85. The van der Waals surface area contributed by atoms with Crippen LogP contribution < -0.4 is 10.1 Å². The number of nitrogens with zero attached hydrogens (tertiary/aromatic N) is 1. The van der Waals surface area contributed by atoms with Crippen LogP contribution in [0.4, 0.5) is 5.69 Å². The van der Waals surface area contributed by atoms with Crippen LogP contribution in [-0.2, 0) is 0 Å². The number of carbonyl (C=O) groups excluding carboxylic acids is 2. The zero-order chi connectivity index (χ0) is 18.2. The Morgan fingerprint density at radius 2 is 1.60 bits per heavy atom. The molecule has 1 N–H and O–H groups in total. The molecule has 0 saturated heterocycles. The van der Waals surface area contributed by atoms with Gasteiger partial charge in [-0.3, -0.25) is 9.59 Å². The average Bonchev–Trinajstić information content (AvgIpc) is 2.64. The summed E-state index contributed by atoms with van der Waals surface area (Å²) in [6, 6.07) is 14.0. The SMILES string of the molecule is CCOc1ccc(NC(=O)c2cccc(C(=O)N(CC)CC)c2)cc1. The fourth-order valence-corrected chi connectivity index (χ4v) is 2.49. The van der Waals surface area contributed by atoms with E-state index >= 15 is 0 Å². The third kappa shape index (κ3) is 4.83. The highest BCUT2D eigenvalue weighted by molar-refractivity contribution is 6.06. The molecule has 0 aliphatic rings. The molecule has 0 saturated carbocycles. The quantitative estimate of drug-likeness (QED) is 0.833. The number of hydrogen-bond acceptors (Lipinski definition) is 3. The van der Waals surface area contributed by atoms with E-state index in [1.807, 2.05) is 20.8 Å². The lowest BCUT2D eigenvalue weighted by atomic mass is 10.1. The zero-order valence-corrected chi connectivity index (χ0v) is 14.9. The van der Waals surface area contributed by atoms with E-state index in [-0.39, 0.29) is 11.8 Å². The molecule has 2 amide bonds. The molecule has 0 aromatic heterocycles. The lowest BCUT2D eigenvalue weighted by molar-refractivity contribution is 0.0773. The van der Waals surface area contributed by atoms with Crippen molar-refractivity contribution in [1.29, 1.82) is 0 Å². The number of amides is 2. The van der Waals surface area contributed by atoms with Gasteiger partial charge in [-0.25, -0.2) is 0 Å². The summed E-state index contributed by atoms with van der Waals surface area (Å²) >= 11 is 0. The maximum absolute atomic E-state index is 12.4. The van der Waals surface area contributed by atoms with E-state index in [0.717, 1.165) is 5.75 Å². The minimum atomic E-state index is -0.252. The Morgan fingerprint density at radius 1 is 0.960 bits per heavy atom. The van der Waals surface area contributed by atoms with Crippen LogP contribution in [0.3, 0.4) is 0 Å². The average molecular weight is 340 g/mol. The van der Waals surface area contributed by atoms with Crippen molar-refractivity contribution in [3.05, 3.63) is 59.7 Å². The lowest BCUT2D eigenvalue weighted by Crippen LogP contribution is -2.30. The Labute approximate surface area is 148 Å². The van der Waals surface area contributed by atoms with Gasteiger partial charge in [0.25, 0.3) is 11.8 Å². The van der Waals surface area contributed by atoms with Crippen molar-refractivity contribution in [2.24, 2.45) is 0 Å². The Hall–Kier alpha value is -2.82. The molecule has 25 heavy (non-hydrogen) atoms. The second kappa shape index (κ2) is 8.87. The second-order valence-electron chi connectivity index (χ2n) is 5.47. The maximum Gasteiger partial charge on any atom is 0.255 e. The Balaban J connectivity index is 2.11. The van der Waals surface area contributed by atoms with Crippen LogP contribution in [0.1, 0.15) is 41.5 Å². The van der Waals surface area contributed by atoms with E-state index in [4.69, 9.17) is 4.74 Å². The summed E-state index contributed by atoms with van der Waals surface area (Å²) < 4.78 is 5.38. The van der Waals surface area contributed by atoms with E-state index < -0.39 is 0 Å². The first kappa shape index (κ1) is 18.5. The molecular formula is C20H24N2O3. The van der Waals surface area contributed by atoms with Crippen molar-refractivity contribution >= 4 is 17.5 Å². The van der Waals surface area contributed by atoms with Crippen LogP contribution in [0.5, 0.6) is 5.75 Å². The number of hydrogen-bond donors (Lipinski definition) is 1. The molecule has 5 heteroatoms. The molecule has 0 heterocycles. The molecule has 0 aliphatic heterocycles. The molecule has 5 nitrogen and oxygen atoms in total. The molecule has 0 fully saturated rings. The third-order valence-electron chi connectivity index (χ3n) is 3.85. The van der Waals surface area contributed by atoms with Gasteiger partial charge in [-0.15, -0.1) is 0 Å². The number of rotatable bonds is 7. The molecule has 0 radical (unpaired) electrons. The fraction of sp³-hybridized carbons (Fsp3) is 0.300. The monoisotopic (exact) mass is 340 g/mol. The summed E-state index contributed by atoms with van der Waals surface area (Å²) in [5.74, 6) is 0.436. The maximum atomic E-state index is 12.4. The molecule has 132 valence electrons. The fourth-order valence-electron chi connectivity index (χ4n) is 2.49. The Bertz CT molecular complexity index is 722. The predicted molar refractivity (Wildman–Crippen MR) is 99.3 cm³/mol. The molecule has 0 aliphatic carbocycles. The summed E-state index contributed by atoms with van der Waals surface area (Å²) in [7, 11) is 0. The van der Waals surface area contributed by atoms with E-state index in [9.17, 15) is 9.59 Å². The standard InChI is InChI=1S/C20H24N2O3/c1-4-22(5-2)20(24)16-9-7-8-15(14-16)19(23)21-17-10-12-18(13-11-17)25-6-3/h7-14H,4-6H2,1-3H3,(H,21,23). The molecule has 2 rings (SSSR count). The normalized spacial score (nSPS) is 10.2. The van der Waals surface area contributed by atoms with E-state index in [2.05, 4.69) is 5.32 Å². The van der Waals surface area contributed by atoms with E-state index in [1.165, 1.54) is 0 Å². The van der Waals surface area contributed by atoms with Crippen molar-refractivity contribution in [3.8, 4) is 5.75 Å². The van der Waals surface area contributed by atoms with Gasteiger partial charge in [-0.2, -0.15) is 0 Å². The van der Waals surface area contributed by atoms with Gasteiger partial charge in [0.2, 0.25) is 0 Å². The summed E-state index contributed by atoms with van der Waals surface area (Å²) in [5, 5.41) is 2.83. The number of ether oxygens (including phenoxy) is 1. The van der Waals surface area contributed by atoms with Crippen molar-refractivity contribution in [2.45, 2.75) is 20.8 Å². The van der Waals surface area contributed by atoms with Gasteiger partial charge in [0, 0.05) is 29.9 Å². The van der Waals surface area contributed by atoms with Crippen LogP contribution in [0.2, 0.25) is 0 Å². The van der Waals surface area contributed by atoms with Crippen LogP contribution in [-0.4, -0.2) is 36.4 Å². The second-order valence-corrected chi connectivity index (χ2v) is 5.47. The Morgan fingerprint density at radius 3 is 2.20 bits per heavy atom. The van der Waals surface area contributed by atoms with Gasteiger partial charge in [0.05, 0.1) is 6.61 Å². The summed E-state index contributed by atoms with van der Waals surface area (Å²) in [4.78, 5) is 26.6. The van der Waals surface area contributed by atoms with Gasteiger partial charge in [-0.05, 0) is 63.2 Å². The number of nitrogens with one attached hydrogen (secondary N) is 1. The van der Waals surface area contributed by atoms with Crippen LogP contribution in [0.15, 0.2) is 48.5 Å². The van der Waals surface area contributed by atoms with Crippen molar-refractivity contribution in [2.75, 3.05) is 25.0 Å². The highest BCUT2D eigenvalue weighted by Gasteiger charge is 2.14. The number of carbonyl (C=O) groups is 2. The summed E-state index contributed by atoms with van der Waals surface area (Å²) in [5.41, 5.74) is 1.64. The summed E-state index contributed by atoms with van der Waals surface area (Å²) in [6.07, 6.45) is 0. The minimum absolute atomic E-state index is 0.0688. The van der Waals surface area contributed by atoms with Crippen molar-refractivity contribution in [1.82, 2.24) is 4.90 Å². The number of benzene rings is 2. The lowest BCUT2D eigenvalue weighted by Gasteiger charge is -2.18. The molecule has 0 bridgehead atoms.